The molecule has 7 nitrogen and oxygen atoms in total. The van der Waals surface area contributed by atoms with Gasteiger partial charge in [-0.3, -0.25) is 9.71 Å². The Kier molecular flexibility index (Phi) is 4.66. The van der Waals surface area contributed by atoms with E-state index in [-0.39, 0.29) is 10.7 Å². The molecule has 0 fully saturated rings. The lowest BCUT2D eigenvalue weighted by atomic mass is 10.3. The largest absolute Gasteiger partial charge is 0.364 e. The molecule has 122 valence electrons. The molecule has 0 aliphatic carbocycles. The fraction of sp³-hybridized carbons (Fsp3) is 0.0625. The molecule has 0 spiro atoms. The summed E-state index contributed by atoms with van der Waals surface area (Å²) in [6.45, 7) is 0.553. The summed E-state index contributed by atoms with van der Waals surface area (Å²) in [6.07, 6.45) is 3.46. The van der Waals surface area contributed by atoms with Crippen molar-refractivity contribution >= 4 is 21.7 Å². The minimum Gasteiger partial charge on any atom is -0.364 e. The van der Waals surface area contributed by atoms with Crippen molar-refractivity contribution in [1.82, 2.24) is 15.2 Å². The third-order valence-electron chi connectivity index (χ3n) is 3.15. The highest BCUT2D eigenvalue weighted by atomic mass is 32.2. The van der Waals surface area contributed by atoms with Gasteiger partial charge in [-0.15, -0.1) is 10.2 Å². The molecule has 0 aliphatic heterocycles. The molecule has 0 bridgehead atoms. The smallest absolute Gasteiger partial charge is 0.263 e. The highest BCUT2D eigenvalue weighted by molar-refractivity contribution is 7.92. The van der Waals surface area contributed by atoms with Crippen molar-refractivity contribution in [3.63, 3.8) is 0 Å². The Balaban J connectivity index is 1.64. The van der Waals surface area contributed by atoms with Crippen LogP contribution in [0.3, 0.4) is 0 Å². The van der Waals surface area contributed by atoms with E-state index >= 15 is 0 Å². The van der Waals surface area contributed by atoms with Crippen LogP contribution >= 0.6 is 0 Å². The first kappa shape index (κ1) is 15.9. The molecule has 0 saturated heterocycles. The van der Waals surface area contributed by atoms with E-state index < -0.39 is 10.0 Å². The van der Waals surface area contributed by atoms with Crippen LogP contribution in [0.2, 0.25) is 0 Å². The SMILES string of the molecule is O=S(=O)(Nc1ccc(NCc2cccnc2)nn1)c1ccccc1. The van der Waals surface area contributed by atoms with Crippen LogP contribution in [0.15, 0.2) is 71.9 Å². The van der Waals surface area contributed by atoms with Crippen LogP contribution in [-0.4, -0.2) is 23.6 Å². The summed E-state index contributed by atoms with van der Waals surface area (Å²) in [7, 11) is -3.66. The molecule has 2 heterocycles. The molecule has 8 heteroatoms. The van der Waals surface area contributed by atoms with Gasteiger partial charge in [0.25, 0.3) is 10.0 Å². The number of pyridine rings is 1. The van der Waals surface area contributed by atoms with Gasteiger partial charge in [-0.1, -0.05) is 24.3 Å². The van der Waals surface area contributed by atoms with E-state index in [2.05, 4.69) is 25.2 Å². The first-order chi connectivity index (χ1) is 11.6. The number of anilines is 2. The van der Waals surface area contributed by atoms with E-state index in [4.69, 9.17) is 0 Å². The van der Waals surface area contributed by atoms with Gasteiger partial charge in [0.2, 0.25) is 0 Å². The van der Waals surface area contributed by atoms with E-state index in [1.54, 1.807) is 42.7 Å². The standard InChI is InChI=1S/C16H15N5O2S/c22-24(23,14-6-2-1-3-7-14)21-16-9-8-15(19-20-16)18-12-13-5-4-10-17-11-13/h1-11H,12H2,(H,18,19)(H,20,21). The molecule has 0 radical (unpaired) electrons. The number of benzene rings is 1. The van der Waals surface area contributed by atoms with Crippen LogP contribution in [0, 0.1) is 0 Å². The lowest BCUT2D eigenvalue weighted by Crippen LogP contribution is -2.14. The number of rotatable bonds is 6. The lowest BCUT2D eigenvalue weighted by Gasteiger charge is -2.08. The Labute approximate surface area is 139 Å². The van der Waals surface area contributed by atoms with Crippen molar-refractivity contribution in [2.45, 2.75) is 11.4 Å². The van der Waals surface area contributed by atoms with E-state index in [0.29, 0.717) is 12.4 Å². The fourth-order valence-corrected chi connectivity index (χ4v) is 2.99. The molecular weight excluding hydrogens is 326 g/mol. The number of nitrogens with zero attached hydrogens (tertiary/aromatic N) is 3. The molecule has 0 aliphatic rings. The molecule has 0 amide bonds. The van der Waals surface area contributed by atoms with Crippen LogP contribution in [-0.2, 0) is 16.6 Å². The third kappa shape index (κ3) is 4.05. The topological polar surface area (TPSA) is 96.9 Å². The zero-order chi connectivity index (χ0) is 16.8. The van der Waals surface area contributed by atoms with E-state index in [1.807, 2.05) is 12.1 Å². The first-order valence-corrected chi connectivity index (χ1v) is 8.66. The molecular formula is C16H15N5O2S. The quantitative estimate of drug-likeness (QED) is 0.714. The molecule has 3 aromatic rings. The maximum atomic E-state index is 12.2. The summed E-state index contributed by atoms with van der Waals surface area (Å²) in [5, 5.41) is 10.9. The molecule has 0 unspecified atom stereocenters. The normalized spacial score (nSPS) is 11.0. The summed E-state index contributed by atoms with van der Waals surface area (Å²) in [4.78, 5) is 4.20. The van der Waals surface area contributed by atoms with Gasteiger partial charge in [0.05, 0.1) is 4.90 Å². The second-order valence-corrected chi connectivity index (χ2v) is 6.62. The van der Waals surface area contributed by atoms with Gasteiger partial charge in [0, 0.05) is 18.9 Å². The minimum absolute atomic E-state index is 0.158. The van der Waals surface area contributed by atoms with Crippen molar-refractivity contribution < 1.29 is 8.42 Å². The Bertz CT molecular complexity index is 885. The van der Waals surface area contributed by atoms with Gasteiger partial charge in [-0.25, -0.2) is 8.42 Å². The molecule has 2 N–H and O–H groups in total. The Morgan fingerprint density at radius 1 is 0.875 bits per heavy atom. The molecule has 3 rings (SSSR count). The number of sulfonamides is 1. The second-order valence-electron chi connectivity index (χ2n) is 4.94. The average molecular weight is 341 g/mol. The van der Waals surface area contributed by atoms with Gasteiger partial charge < -0.3 is 5.32 Å². The van der Waals surface area contributed by atoms with Crippen LogP contribution < -0.4 is 10.0 Å². The maximum Gasteiger partial charge on any atom is 0.263 e. The van der Waals surface area contributed by atoms with Crippen molar-refractivity contribution in [3.05, 3.63) is 72.6 Å². The summed E-state index contributed by atoms with van der Waals surface area (Å²) < 4.78 is 26.8. The highest BCUT2D eigenvalue weighted by Gasteiger charge is 2.14. The predicted molar refractivity (Wildman–Crippen MR) is 90.8 cm³/mol. The van der Waals surface area contributed by atoms with E-state index in [1.165, 1.54) is 12.1 Å². The first-order valence-electron chi connectivity index (χ1n) is 7.18. The van der Waals surface area contributed by atoms with E-state index in [0.717, 1.165) is 5.56 Å². The zero-order valence-electron chi connectivity index (χ0n) is 12.6. The Morgan fingerprint density at radius 2 is 1.62 bits per heavy atom. The van der Waals surface area contributed by atoms with Crippen molar-refractivity contribution in [1.29, 1.82) is 0 Å². The zero-order valence-corrected chi connectivity index (χ0v) is 13.4. The van der Waals surface area contributed by atoms with Gasteiger partial charge in [-0.2, -0.15) is 0 Å². The number of hydrogen-bond acceptors (Lipinski definition) is 6. The van der Waals surface area contributed by atoms with Gasteiger partial charge in [-0.05, 0) is 35.9 Å². The van der Waals surface area contributed by atoms with E-state index in [9.17, 15) is 8.42 Å². The van der Waals surface area contributed by atoms with Gasteiger partial charge in [0.1, 0.15) is 5.82 Å². The van der Waals surface area contributed by atoms with Gasteiger partial charge in [0.15, 0.2) is 5.82 Å². The summed E-state index contributed by atoms with van der Waals surface area (Å²) in [5.74, 6) is 0.701. The number of aromatic nitrogens is 3. The number of nitrogens with one attached hydrogen (secondary N) is 2. The summed E-state index contributed by atoms with van der Waals surface area (Å²) in [5.41, 5.74) is 1.01. The third-order valence-corrected chi connectivity index (χ3v) is 4.52. The monoisotopic (exact) mass is 341 g/mol. The van der Waals surface area contributed by atoms with Crippen molar-refractivity contribution in [2.24, 2.45) is 0 Å². The Hall–Kier alpha value is -3.00. The predicted octanol–water partition coefficient (Wildman–Crippen LogP) is 2.28. The summed E-state index contributed by atoms with van der Waals surface area (Å²) in [6, 6.07) is 15.1. The van der Waals surface area contributed by atoms with Crippen LogP contribution in [0.4, 0.5) is 11.6 Å². The van der Waals surface area contributed by atoms with Crippen LogP contribution in [0.5, 0.6) is 0 Å². The maximum absolute atomic E-state index is 12.2. The van der Waals surface area contributed by atoms with Crippen LogP contribution in [0.1, 0.15) is 5.56 Å². The molecule has 24 heavy (non-hydrogen) atoms. The summed E-state index contributed by atoms with van der Waals surface area (Å²) >= 11 is 0. The highest BCUT2D eigenvalue weighted by Crippen LogP contribution is 2.14. The van der Waals surface area contributed by atoms with Crippen molar-refractivity contribution in [2.75, 3.05) is 10.0 Å². The fourth-order valence-electron chi connectivity index (χ4n) is 1.97. The van der Waals surface area contributed by atoms with Gasteiger partial charge >= 0.3 is 0 Å². The molecule has 1 aromatic carbocycles. The number of hydrogen-bond donors (Lipinski definition) is 2. The molecule has 0 saturated carbocycles. The molecule has 2 aromatic heterocycles. The lowest BCUT2D eigenvalue weighted by molar-refractivity contribution is 0.601. The average Bonchev–Trinajstić information content (AvgIpc) is 2.62. The molecule has 0 atom stereocenters. The van der Waals surface area contributed by atoms with Crippen molar-refractivity contribution in [3.8, 4) is 0 Å². The second kappa shape index (κ2) is 7.05. The van der Waals surface area contributed by atoms with Crippen LogP contribution in [0.25, 0.3) is 0 Å². The Morgan fingerprint density at radius 3 is 2.29 bits per heavy atom. The minimum atomic E-state index is -3.66.